The maximum atomic E-state index is 13.6. The number of rotatable bonds is 5. The van der Waals surface area contributed by atoms with Crippen LogP contribution >= 0.6 is 0 Å². The molecule has 1 N–H and O–H groups in total. The van der Waals surface area contributed by atoms with Crippen LogP contribution in [0.4, 0.5) is 4.39 Å². The summed E-state index contributed by atoms with van der Waals surface area (Å²) in [6.07, 6.45) is 0.312. The molecule has 0 radical (unpaired) electrons. The minimum absolute atomic E-state index is 0.242. The molecule has 0 aliphatic carbocycles. The maximum absolute atomic E-state index is 13.6. The second-order valence-electron chi connectivity index (χ2n) is 6.73. The van der Waals surface area contributed by atoms with Crippen molar-refractivity contribution in [1.29, 1.82) is 0 Å². The van der Waals surface area contributed by atoms with Gasteiger partial charge in [0, 0.05) is 12.1 Å². The average Bonchev–Trinajstić information content (AvgIpc) is 2.68. The molecule has 1 aliphatic heterocycles. The zero-order valence-electron chi connectivity index (χ0n) is 16.0. The summed E-state index contributed by atoms with van der Waals surface area (Å²) in [5, 5.41) is 9.43. The Bertz CT molecular complexity index is 927. The Balaban J connectivity index is 2.04. The Morgan fingerprint density at radius 2 is 1.86 bits per heavy atom. The van der Waals surface area contributed by atoms with E-state index < -0.39 is 12.0 Å². The van der Waals surface area contributed by atoms with Crippen molar-refractivity contribution in [3.05, 3.63) is 58.4 Å². The Morgan fingerprint density at radius 1 is 1.18 bits per heavy atom. The van der Waals surface area contributed by atoms with Crippen LogP contribution in [-0.4, -0.2) is 42.6 Å². The number of fused-ring (bicyclic) bond motifs is 1. The lowest BCUT2D eigenvalue weighted by atomic mass is 9.89. The van der Waals surface area contributed by atoms with Crippen molar-refractivity contribution in [3.63, 3.8) is 0 Å². The number of amides is 1. The largest absolute Gasteiger partial charge is 0.493 e. The molecule has 1 amide bonds. The number of carbonyl (C=O) groups is 2. The van der Waals surface area contributed by atoms with Crippen LogP contribution in [0.3, 0.4) is 0 Å². The number of aliphatic carboxylic acids is 1. The van der Waals surface area contributed by atoms with Gasteiger partial charge in [-0.3, -0.25) is 9.59 Å². The van der Waals surface area contributed by atoms with Crippen LogP contribution in [0.2, 0.25) is 0 Å². The molecule has 0 aromatic heterocycles. The molecule has 1 unspecified atom stereocenters. The third-order valence-corrected chi connectivity index (χ3v) is 5.04. The second-order valence-corrected chi connectivity index (χ2v) is 6.73. The number of benzene rings is 2. The van der Waals surface area contributed by atoms with Crippen molar-refractivity contribution < 1.29 is 28.6 Å². The highest BCUT2D eigenvalue weighted by atomic mass is 19.1. The number of aryl methyl sites for hydroxylation is 1. The number of hydrogen-bond acceptors (Lipinski definition) is 4. The number of methoxy groups -OCH3 is 2. The zero-order valence-corrected chi connectivity index (χ0v) is 16.0. The first-order chi connectivity index (χ1) is 13.3. The molecule has 28 heavy (non-hydrogen) atoms. The van der Waals surface area contributed by atoms with E-state index in [1.165, 1.54) is 37.3 Å². The summed E-state index contributed by atoms with van der Waals surface area (Å²) < 4.78 is 24.3. The first kappa shape index (κ1) is 19.7. The number of halogens is 1. The lowest BCUT2D eigenvalue weighted by Gasteiger charge is -2.37. The van der Waals surface area contributed by atoms with Crippen LogP contribution < -0.4 is 9.47 Å². The van der Waals surface area contributed by atoms with E-state index >= 15 is 0 Å². The molecule has 148 valence electrons. The number of ether oxygens (including phenoxy) is 2. The van der Waals surface area contributed by atoms with Gasteiger partial charge in [0.05, 0.1) is 26.7 Å². The van der Waals surface area contributed by atoms with Gasteiger partial charge in [0.2, 0.25) is 0 Å². The van der Waals surface area contributed by atoms with E-state index in [-0.39, 0.29) is 18.1 Å². The van der Waals surface area contributed by atoms with Crippen LogP contribution in [0.1, 0.15) is 39.5 Å². The maximum Gasteiger partial charge on any atom is 0.305 e. The summed E-state index contributed by atoms with van der Waals surface area (Å²) in [6.45, 7) is 1.94. The molecule has 0 saturated heterocycles. The molecule has 1 heterocycles. The predicted molar refractivity (Wildman–Crippen MR) is 100 cm³/mol. The van der Waals surface area contributed by atoms with E-state index in [1.807, 2.05) is 6.07 Å². The normalized spacial score (nSPS) is 15.7. The highest BCUT2D eigenvalue weighted by Crippen LogP contribution is 2.40. The molecular weight excluding hydrogens is 365 g/mol. The van der Waals surface area contributed by atoms with Crippen LogP contribution in [0.15, 0.2) is 30.3 Å². The first-order valence-corrected chi connectivity index (χ1v) is 8.89. The molecule has 0 saturated carbocycles. The van der Waals surface area contributed by atoms with Gasteiger partial charge in [-0.2, -0.15) is 0 Å². The standard InChI is InChI=1S/C21H22FNO5/c1-12-8-14(4-5-16(12)22)21(26)23-7-6-13-9-18(27-2)19(28-3)10-15(13)17(23)11-20(24)25/h4-5,8-10,17H,6-7,11H2,1-3H3,(H,24,25). The summed E-state index contributed by atoms with van der Waals surface area (Å²) >= 11 is 0. The molecule has 0 spiro atoms. The van der Waals surface area contributed by atoms with Crippen molar-refractivity contribution in [2.75, 3.05) is 20.8 Å². The van der Waals surface area contributed by atoms with Crippen molar-refractivity contribution in [1.82, 2.24) is 4.90 Å². The Morgan fingerprint density at radius 3 is 2.46 bits per heavy atom. The third-order valence-electron chi connectivity index (χ3n) is 5.04. The number of carboxylic acids is 1. The number of carbonyl (C=O) groups excluding carboxylic acids is 1. The van der Waals surface area contributed by atoms with Gasteiger partial charge in [0.15, 0.2) is 11.5 Å². The SMILES string of the molecule is COc1cc2c(cc1OC)C(CC(=O)O)N(C(=O)c1ccc(F)c(C)c1)CC2. The topological polar surface area (TPSA) is 76.1 Å². The zero-order chi connectivity index (χ0) is 20.4. The van der Waals surface area contributed by atoms with Gasteiger partial charge in [0.1, 0.15) is 5.82 Å². The molecule has 0 fully saturated rings. The molecule has 2 aromatic rings. The average molecular weight is 387 g/mol. The molecule has 7 heteroatoms. The minimum atomic E-state index is -1.01. The van der Waals surface area contributed by atoms with Gasteiger partial charge in [-0.05, 0) is 60.4 Å². The second kappa shape index (κ2) is 7.88. The predicted octanol–water partition coefficient (Wildman–Crippen LogP) is 3.37. The van der Waals surface area contributed by atoms with E-state index in [4.69, 9.17) is 9.47 Å². The molecule has 2 aromatic carbocycles. The van der Waals surface area contributed by atoms with Crippen LogP contribution in [0.25, 0.3) is 0 Å². The van der Waals surface area contributed by atoms with E-state index in [1.54, 1.807) is 13.0 Å². The summed E-state index contributed by atoms with van der Waals surface area (Å²) in [6, 6.07) is 7.07. The van der Waals surface area contributed by atoms with Gasteiger partial charge in [-0.25, -0.2) is 4.39 Å². The van der Waals surface area contributed by atoms with Crippen molar-refractivity contribution >= 4 is 11.9 Å². The quantitative estimate of drug-likeness (QED) is 0.851. The van der Waals surface area contributed by atoms with E-state index in [0.29, 0.717) is 35.6 Å². The highest BCUT2D eigenvalue weighted by molar-refractivity contribution is 5.95. The molecule has 6 nitrogen and oxygen atoms in total. The van der Waals surface area contributed by atoms with Crippen molar-refractivity contribution in [2.45, 2.75) is 25.8 Å². The molecule has 1 aliphatic rings. The molecule has 3 rings (SSSR count). The monoisotopic (exact) mass is 387 g/mol. The summed E-state index contributed by atoms with van der Waals surface area (Å²) in [4.78, 5) is 26.1. The van der Waals surface area contributed by atoms with Gasteiger partial charge < -0.3 is 19.5 Å². The van der Waals surface area contributed by atoms with Crippen LogP contribution in [-0.2, 0) is 11.2 Å². The number of carboxylic acid groups (broad SMARTS) is 1. The Hall–Kier alpha value is -3.09. The highest BCUT2D eigenvalue weighted by Gasteiger charge is 2.34. The van der Waals surface area contributed by atoms with Crippen molar-refractivity contribution in [2.24, 2.45) is 0 Å². The van der Waals surface area contributed by atoms with Crippen molar-refractivity contribution in [3.8, 4) is 11.5 Å². The minimum Gasteiger partial charge on any atom is -0.493 e. The fourth-order valence-corrected chi connectivity index (χ4v) is 3.60. The summed E-state index contributed by atoms with van der Waals surface area (Å²) in [7, 11) is 3.04. The molecule has 1 atom stereocenters. The van der Waals surface area contributed by atoms with Crippen LogP contribution in [0, 0.1) is 12.7 Å². The van der Waals surface area contributed by atoms with Gasteiger partial charge >= 0.3 is 5.97 Å². The molecule has 0 bridgehead atoms. The number of nitrogens with zero attached hydrogens (tertiary/aromatic N) is 1. The first-order valence-electron chi connectivity index (χ1n) is 8.89. The lowest BCUT2D eigenvalue weighted by molar-refractivity contribution is -0.138. The third kappa shape index (κ3) is 3.65. The fraction of sp³-hybridized carbons (Fsp3) is 0.333. The Kier molecular flexibility index (Phi) is 5.53. The number of hydrogen-bond donors (Lipinski definition) is 1. The van der Waals surface area contributed by atoms with E-state index in [0.717, 1.165) is 11.1 Å². The summed E-state index contributed by atoms with van der Waals surface area (Å²) in [5.74, 6) is -0.692. The van der Waals surface area contributed by atoms with E-state index in [2.05, 4.69) is 0 Å². The van der Waals surface area contributed by atoms with Gasteiger partial charge in [0.25, 0.3) is 5.91 Å². The van der Waals surface area contributed by atoms with E-state index in [9.17, 15) is 19.1 Å². The summed E-state index contributed by atoms with van der Waals surface area (Å²) in [5.41, 5.74) is 2.34. The smallest absolute Gasteiger partial charge is 0.305 e. The van der Waals surface area contributed by atoms with Gasteiger partial charge in [-0.1, -0.05) is 0 Å². The van der Waals surface area contributed by atoms with Gasteiger partial charge in [-0.15, -0.1) is 0 Å². The fourth-order valence-electron chi connectivity index (χ4n) is 3.60. The Labute approximate surface area is 162 Å². The molecular formula is C21H22FNO5. The lowest BCUT2D eigenvalue weighted by Crippen LogP contribution is -2.41. The van der Waals surface area contributed by atoms with Crippen LogP contribution in [0.5, 0.6) is 11.5 Å².